The van der Waals surface area contributed by atoms with E-state index < -0.39 is 0 Å². The van der Waals surface area contributed by atoms with E-state index in [1.54, 1.807) is 7.11 Å². The number of anilines is 1. The number of benzene rings is 1. The van der Waals surface area contributed by atoms with Crippen molar-refractivity contribution >= 4 is 11.9 Å². The Hall–Kier alpha value is -3.09. The number of hydrogen-bond donors (Lipinski definition) is 2. The Kier molecular flexibility index (Phi) is 5.38. The van der Waals surface area contributed by atoms with Gasteiger partial charge >= 0.3 is 0 Å². The van der Waals surface area contributed by atoms with Gasteiger partial charge in [-0.05, 0) is 44.9 Å². The van der Waals surface area contributed by atoms with Crippen LogP contribution in [0.3, 0.4) is 0 Å². The summed E-state index contributed by atoms with van der Waals surface area (Å²) >= 11 is 0. The summed E-state index contributed by atoms with van der Waals surface area (Å²) in [7, 11) is 1.61. The molecule has 1 aliphatic carbocycles. The van der Waals surface area contributed by atoms with Crippen molar-refractivity contribution in [3.63, 3.8) is 0 Å². The fourth-order valence-electron chi connectivity index (χ4n) is 4.36. The van der Waals surface area contributed by atoms with Crippen LogP contribution in [0.5, 0.6) is 5.75 Å². The van der Waals surface area contributed by atoms with Crippen LogP contribution in [0.1, 0.15) is 59.9 Å². The van der Waals surface area contributed by atoms with E-state index in [1.807, 2.05) is 37.3 Å². The van der Waals surface area contributed by atoms with Crippen LogP contribution in [0.2, 0.25) is 0 Å². The molecule has 29 heavy (non-hydrogen) atoms. The third-order valence-corrected chi connectivity index (χ3v) is 5.74. The van der Waals surface area contributed by atoms with Crippen LogP contribution in [0.4, 0.5) is 5.95 Å². The highest BCUT2D eigenvalue weighted by molar-refractivity contribution is 6.04. The lowest BCUT2D eigenvalue weighted by Crippen LogP contribution is -2.17. The van der Waals surface area contributed by atoms with Gasteiger partial charge in [0, 0.05) is 17.4 Å². The lowest BCUT2D eigenvalue weighted by Gasteiger charge is -2.26. The summed E-state index contributed by atoms with van der Waals surface area (Å²) in [6, 6.07) is 10.00. The van der Waals surface area contributed by atoms with E-state index in [0.29, 0.717) is 23.2 Å². The number of aryl methyl sites for hydroxylation is 1. The molecule has 0 atom stereocenters. The highest BCUT2D eigenvalue weighted by Crippen LogP contribution is 2.32. The fourth-order valence-corrected chi connectivity index (χ4v) is 4.36. The summed E-state index contributed by atoms with van der Waals surface area (Å²) < 4.78 is 7.70. The Morgan fingerprint density at radius 1 is 1.21 bits per heavy atom. The average molecular weight is 393 g/mol. The number of methoxy groups -OCH3 is 1. The van der Waals surface area contributed by atoms with Crippen LogP contribution in [-0.4, -0.2) is 32.8 Å². The number of para-hydroxylation sites is 1. The first-order valence-corrected chi connectivity index (χ1v) is 10.1. The van der Waals surface area contributed by atoms with Crippen molar-refractivity contribution in [3.05, 3.63) is 47.3 Å². The van der Waals surface area contributed by atoms with Gasteiger partial charge in [0.15, 0.2) is 5.82 Å². The van der Waals surface area contributed by atoms with Gasteiger partial charge in [0.1, 0.15) is 5.75 Å². The number of hydrogen-bond acceptors (Lipinski definition) is 4. The minimum Gasteiger partial charge on any atom is -0.496 e. The third kappa shape index (κ3) is 3.77. The maximum absolute atomic E-state index is 12.9. The number of amides is 1. The highest BCUT2D eigenvalue weighted by Gasteiger charge is 2.23. The summed E-state index contributed by atoms with van der Waals surface area (Å²) in [5, 5.41) is 9.85. The van der Waals surface area contributed by atoms with Crippen LogP contribution in [0.25, 0.3) is 11.4 Å². The summed E-state index contributed by atoms with van der Waals surface area (Å²) in [5.74, 6) is 1.30. The van der Waals surface area contributed by atoms with Crippen molar-refractivity contribution in [1.82, 2.24) is 19.7 Å². The second-order valence-electron chi connectivity index (χ2n) is 7.61. The minimum absolute atomic E-state index is 0.189. The molecule has 1 saturated carbocycles. The number of H-pyrrole nitrogens is 1. The molecule has 152 valence electrons. The average Bonchev–Trinajstić information content (AvgIpc) is 3.32. The smallest absolute Gasteiger partial charge is 0.259 e. The number of ether oxygens (including phenoxy) is 1. The molecule has 1 aliphatic rings. The molecule has 2 heterocycles. The van der Waals surface area contributed by atoms with Gasteiger partial charge in [0.2, 0.25) is 5.95 Å². The van der Waals surface area contributed by atoms with Gasteiger partial charge in [-0.2, -0.15) is 4.98 Å². The molecule has 0 saturated heterocycles. The van der Waals surface area contributed by atoms with Gasteiger partial charge in [-0.3, -0.25) is 15.2 Å². The van der Waals surface area contributed by atoms with Gasteiger partial charge in [-0.15, -0.1) is 5.10 Å². The molecule has 2 aromatic heterocycles. The summed E-state index contributed by atoms with van der Waals surface area (Å²) in [5.41, 5.74) is 3.60. The topological polar surface area (TPSA) is 84.8 Å². The number of aromatic amines is 1. The predicted octanol–water partition coefficient (Wildman–Crippen LogP) is 4.66. The first-order valence-electron chi connectivity index (χ1n) is 10.1. The standard InChI is InChI=1S/C22H27N5O2/c1-14-13-18(15(2)27(14)16-9-5-4-6-10-16)21(28)24-22-23-20(25-26-22)17-11-7-8-12-19(17)29-3/h7-8,11-13,16H,4-6,9-10H2,1-3H3,(H2,23,24,25,26,28). The van der Waals surface area contributed by atoms with Crippen LogP contribution in [0.15, 0.2) is 30.3 Å². The quantitative estimate of drug-likeness (QED) is 0.660. The van der Waals surface area contributed by atoms with Crippen LogP contribution < -0.4 is 10.1 Å². The Morgan fingerprint density at radius 2 is 1.97 bits per heavy atom. The van der Waals surface area contributed by atoms with E-state index in [9.17, 15) is 4.79 Å². The largest absolute Gasteiger partial charge is 0.496 e. The zero-order chi connectivity index (χ0) is 20.4. The van der Waals surface area contributed by atoms with Gasteiger partial charge in [-0.1, -0.05) is 31.4 Å². The second kappa shape index (κ2) is 8.11. The Bertz CT molecular complexity index is 1010. The zero-order valence-corrected chi connectivity index (χ0v) is 17.2. The molecular weight excluding hydrogens is 366 g/mol. The first kappa shape index (κ1) is 19.2. The molecule has 0 aliphatic heterocycles. The number of rotatable bonds is 5. The summed E-state index contributed by atoms with van der Waals surface area (Å²) in [6.45, 7) is 4.10. The molecule has 0 bridgehead atoms. The Labute approximate surface area is 170 Å². The molecule has 1 aromatic carbocycles. The number of carbonyl (C=O) groups is 1. The Balaban J connectivity index is 1.54. The highest BCUT2D eigenvalue weighted by atomic mass is 16.5. The third-order valence-electron chi connectivity index (χ3n) is 5.74. The van der Waals surface area contributed by atoms with Crippen molar-refractivity contribution in [2.75, 3.05) is 12.4 Å². The lowest BCUT2D eigenvalue weighted by molar-refractivity contribution is 0.102. The summed E-state index contributed by atoms with van der Waals surface area (Å²) in [6.07, 6.45) is 6.18. The molecule has 1 fully saturated rings. The van der Waals surface area contributed by atoms with Crippen molar-refractivity contribution < 1.29 is 9.53 Å². The maximum Gasteiger partial charge on any atom is 0.259 e. The number of carbonyl (C=O) groups excluding carboxylic acids is 1. The van der Waals surface area contributed by atoms with Gasteiger partial charge in [-0.25, -0.2) is 0 Å². The lowest BCUT2D eigenvalue weighted by atomic mass is 9.95. The van der Waals surface area contributed by atoms with Gasteiger partial charge in [0.05, 0.1) is 18.2 Å². The fraction of sp³-hybridized carbons (Fsp3) is 0.409. The van der Waals surface area contributed by atoms with E-state index >= 15 is 0 Å². The molecule has 2 N–H and O–H groups in total. The van der Waals surface area contributed by atoms with Crippen LogP contribution >= 0.6 is 0 Å². The number of nitrogens with one attached hydrogen (secondary N) is 2. The van der Waals surface area contributed by atoms with E-state index in [0.717, 1.165) is 17.0 Å². The minimum atomic E-state index is -0.189. The van der Waals surface area contributed by atoms with E-state index in [1.165, 1.54) is 32.1 Å². The number of aromatic nitrogens is 4. The van der Waals surface area contributed by atoms with Crippen molar-refractivity contribution in [3.8, 4) is 17.1 Å². The number of nitrogens with zero attached hydrogens (tertiary/aromatic N) is 3. The molecule has 3 aromatic rings. The van der Waals surface area contributed by atoms with Crippen LogP contribution in [0, 0.1) is 13.8 Å². The molecule has 4 rings (SSSR count). The molecule has 0 radical (unpaired) electrons. The van der Waals surface area contributed by atoms with Crippen molar-refractivity contribution in [2.24, 2.45) is 0 Å². The zero-order valence-electron chi connectivity index (χ0n) is 17.2. The SMILES string of the molecule is COc1ccccc1-c1nc(NC(=O)c2cc(C)n(C3CCCCC3)c2C)n[nH]1. The summed E-state index contributed by atoms with van der Waals surface area (Å²) in [4.78, 5) is 17.3. The predicted molar refractivity (Wildman–Crippen MR) is 112 cm³/mol. The first-order chi connectivity index (χ1) is 14.1. The molecule has 0 unspecified atom stereocenters. The molecular formula is C22H27N5O2. The normalized spacial score (nSPS) is 14.7. The van der Waals surface area contributed by atoms with E-state index in [4.69, 9.17) is 4.74 Å². The molecule has 1 amide bonds. The van der Waals surface area contributed by atoms with E-state index in [-0.39, 0.29) is 11.9 Å². The van der Waals surface area contributed by atoms with E-state index in [2.05, 4.69) is 32.0 Å². The molecule has 0 spiro atoms. The van der Waals surface area contributed by atoms with Gasteiger partial charge < -0.3 is 9.30 Å². The molecule has 7 nitrogen and oxygen atoms in total. The van der Waals surface area contributed by atoms with Gasteiger partial charge in [0.25, 0.3) is 5.91 Å². The molecule has 7 heteroatoms. The Morgan fingerprint density at radius 3 is 2.72 bits per heavy atom. The van der Waals surface area contributed by atoms with Crippen molar-refractivity contribution in [2.45, 2.75) is 52.0 Å². The van der Waals surface area contributed by atoms with Crippen molar-refractivity contribution in [1.29, 1.82) is 0 Å². The monoisotopic (exact) mass is 393 g/mol. The van der Waals surface area contributed by atoms with Crippen LogP contribution in [-0.2, 0) is 0 Å². The maximum atomic E-state index is 12.9. The second-order valence-corrected chi connectivity index (χ2v) is 7.61.